The Labute approximate surface area is 129 Å². The molecule has 2 aromatic heterocycles. The van der Waals surface area contributed by atoms with Crippen LogP contribution in [0.25, 0.3) is 10.7 Å². The van der Waals surface area contributed by atoms with Crippen molar-refractivity contribution in [1.29, 1.82) is 0 Å². The van der Waals surface area contributed by atoms with Gasteiger partial charge in [0.2, 0.25) is 0 Å². The summed E-state index contributed by atoms with van der Waals surface area (Å²) in [6.07, 6.45) is 4.57. The minimum Gasteiger partial charge on any atom is -0.390 e. The molecule has 4 nitrogen and oxygen atoms in total. The highest BCUT2D eigenvalue weighted by molar-refractivity contribution is 7.13. The van der Waals surface area contributed by atoms with E-state index in [0.717, 1.165) is 55.3 Å². The Morgan fingerprint density at radius 3 is 3.05 bits per heavy atom. The standard InChI is InChI=1S/C16H21N3OS/c1-16(20)6-4-9-19(10-7-16)11-13-12-21-15(18-13)14-5-2-3-8-17-14/h2-3,5,8,12,20H,4,6-7,9-11H2,1H3. The highest BCUT2D eigenvalue weighted by atomic mass is 32.1. The van der Waals surface area contributed by atoms with Gasteiger partial charge in [-0.1, -0.05) is 6.07 Å². The van der Waals surface area contributed by atoms with Crippen LogP contribution < -0.4 is 0 Å². The molecule has 0 radical (unpaired) electrons. The van der Waals surface area contributed by atoms with Crippen molar-refractivity contribution in [2.75, 3.05) is 13.1 Å². The van der Waals surface area contributed by atoms with Crippen LogP contribution in [0.1, 0.15) is 31.9 Å². The van der Waals surface area contributed by atoms with Crippen LogP contribution in [-0.4, -0.2) is 38.7 Å². The third kappa shape index (κ3) is 3.87. The molecule has 0 aromatic carbocycles. The van der Waals surface area contributed by atoms with Crippen molar-refractivity contribution in [3.8, 4) is 10.7 Å². The molecule has 0 amide bonds. The third-order valence-corrected chi connectivity index (χ3v) is 4.89. The molecule has 1 unspecified atom stereocenters. The quantitative estimate of drug-likeness (QED) is 0.947. The first-order valence-corrected chi connectivity index (χ1v) is 8.31. The van der Waals surface area contributed by atoms with Gasteiger partial charge in [0.25, 0.3) is 0 Å². The second-order valence-electron chi connectivity index (χ2n) is 5.99. The fourth-order valence-corrected chi connectivity index (χ4v) is 3.48. The highest BCUT2D eigenvalue weighted by Gasteiger charge is 2.25. The van der Waals surface area contributed by atoms with Gasteiger partial charge in [-0.2, -0.15) is 0 Å². The SMILES string of the molecule is CC1(O)CCCN(Cc2csc(-c3ccccn3)n2)CC1. The zero-order chi connectivity index (χ0) is 14.7. The number of aliphatic hydroxyl groups is 1. The molecule has 5 heteroatoms. The highest BCUT2D eigenvalue weighted by Crippen LogP contribution is 2.25. The van der Waals surface area contributed by atoms with Gasteiger partial charge in [-0.3, -0.25) is 9.88 Å². The predicted octanol–water partition coefficient (Wildman–Crippen LogP) is 2.94. The molecular weight excluding hydrogens is 282 g/mol. The number of likely N-dealkylation sites (tertiary alicyclic amines) is 1. The van der Waals surface area contributed by atoms with E-state index < -0.39 is 5.60 Å². The van der Waals surface area contributed by atoms with Crippen molar-refractivity contribution in [3.05, 3.63) is 35.5 Å². The molecule has 0 spiro atoms. The molecule has 0 bridgehead atoms. The Bertz CT molecular complexity index is 582. The maximum absolute atomic E-state index is 10.1. The largest absolute Gasteiger partial charge is 0.390 e. The fraction of sp³-hybridized carbons (Fsp3) is 0.500. The summed E-state index contributed by atoms with van der Waals surface area (Å²) in [5, 5.41) is 13.2. The van der Waals surface area contributed by atoms with Crippen LogP contribution in [0.5, 0.6) is 0 Å². The number of hydrogen-bond donors (Lipinski definition) is 1. The smallest absolute Gasteiger partial charge is 0.142 e. The van der Waals surface area contributed by atoms with Gasteiger partial charge in [0.1, 0.15) is 5.01 Å². The first kappa shape index (κ1) is 14.6. The van der Waals surface area contributed by atoms with Gasteiger partial charge in [-0.25, -0.2) is 4.98 Å². The van der Waals surface area contributed by atoms with E-state index in [1.165, 1.54) is 0 Å². The Kier molecular flexibility index (Phi) is 4.33. The van der Waals surface area contributed by atoms with E-state index >= 15 is 0 Å². The number of pyridine rings is 1. The first-order chi connectivity index (χ1) is 10.1. The fourth-order valence-electron chi connectivity index (χ4n) is 2.69. The van der Waals surface area contributed by atoms with Crippen LogP contribution in [0, 0.1) is 0 Å². The maximum Gasteiger partial charge on any atom is 0.142 e. The van der Waals surface area contributed by atoms with E-state index in [-0.39, 0.29) is 0 Å². The Morgan fingerprint density at radius 2 is 2.24 bits per heavy atom. The molecule has 1 N–H and O–H groups in total. The molecule has 3 heterocycles. The third-order valence-electron chi connectivity index (χ3n) is 3.98. The number of thiazole rings is 1. The van der Waals surface area contributed by atoms with E-state index in [4.69, 9.17) is 4.98 Å². The summed E-state index contributed by atoms with van der Waals surface area (Å²) >= 11 is 1.65. The van der Waals surface area contributed by atoms with Gasteiger partial charge in [0.15, 0.2) is 0 Å². The van der Waals surface area contributed by atoms with E-state index in [2.05, 4.69) is 15.3 Å². The van der Waals surface area contributed by atoms with Crippen molar-refractivity contribution >= 4 is 11.3 Å². The monoisotopic (exact) mass is 303 g/mol. The van der Waals surface area contributed by atoms with Crippen LogP contribution in [0.4, 0.5) is 0 Å². The minimum atomic E-state index is -0.504. The van der Waals surface area contributed by atoms with Crippen molar-refractivity contribution in [1.82, 2.24) is 14.9 Å². The molecule has 0 aliphatic carbocycles. The molecule has 1 atom stereocenters. The summed E-state index contributed by atoms with van der Waals surface area (Å²) in [6.45, 7) is 4.77. The molecule has 1 fully saturated rings. The molecule has 3 rings (SSSR count). The molecule has 1 aliphatic rings. The Hall–Kier alpha value is -1.30. The second-order valence-corrected chi connectivity index (χ2v) is 6.84. The van der Waals surface area contributed by atoms with Gasteiger partial charge in [-0.15, -0.1) is 11.3 Å². The molecule has 112 valence electrons. The average Bonchev–Trinajstić information content (AvgIpc) is 2.87. The Morgan fingerprint density at radius 1 is 1.33 bits per heavy atom. The lowest BCUT2D eigenvalue weighted by molar-refractivity contribution is 0.0444. The van der Waals surface area contributed by atoms with Crippen LogP contribution in [0.15, 0.2) is 29.8 Å². The van der Waals surface area contributed by atoms with Gasteiger partial charge < -0.3 is 5.11 Å². The lowest BCUT2D eigenvalue weighted by atomic mass is 9.98. The normalized spacial score (nSPS) is 23.9. The second kappa shape index (κ2) is 6.22. The van der Waals surface area contributed by atoms with Crippen LogP contribution in [-0.2, 0) is 6.54 Å². The number of hydrogen-bond acceptors (Lipinski definition) is 5. The van der Waals surface area contributed by atoms with E-state index in [0.29, 0.717) is 0 Å². The van der Waals surface area contributed by atoms with Gasteiger partial charge in [0, 0.05) is 24.7 Å². The molecule has 0 saturated carbocycles. The minimum absolute atomic E-state index is 0.504. The lowest BCUT2D eigenvalue weighted by Crippen LogP contribution is -2.28. The predicted molar refractivity (Wildman–Crippen MR) is 85.1 cm³/mol. The summed E-state index contributed by atoms with van der Waals surface area (Å²) in [6, 6.07) is 5.90. The number of rotatable bonds is 3. The lowest BCUT2D eigenvalue weighted by Gasteiger charge is -2.21. The van der Waals surface area contributed by atoms with Gasteiger partial charge in [0.05, 0.1) is 17.0 Å². The zero-order valence-electron chi connectivity index (χ0n) is 12.3. The van der Waals surface area contributed by atoms with Gasteiger partial charge >= 0.3 is 0 Å². The summed E-state index contributed by atoms with van der Waals surface area (Å²) in [7, 11) is 0. The zero-order valence-corrected chi connectivity index (χ0v) is 13.1. The topological polar surface area (TPSA) is 49.2 Å². The summed E-state index contributed by atoms with van der Waals surface area (Å²) in [5.41, 5.74) is 1.53. The van der Waals surface area contributed by atoms with Crippen LogP contribution in [0.3, 0.4) is 0 Å². The number of aromatic nitrogens is 2. The molecule has 1 saturated heterocycles. The summed E-state index contributed by atoms with van der Waals surface area (Å²) < 4.78 is 0. The summed E-state index contributed by atoms with van der Waals surface area (Å²) in [5.74, 6) is 0. The molecule has 1 aliphatic heterocycles. The van der Waals surface area contributed by atoms with Gasteiger partial charge in [-0.05, 0) is 44.9 Å². The Balaban J connectivity index is 1.65. The molecule has 2 aromatic rings. The maximum atomic E-state index is 10.1. The van der Waals surface area contributed by atoms with E-state index in [1.807, 2.05) is 25.1 Å². The van der Waals surface area contributed by atoms with Crippen molar-refractivity contribution in [2.45, 2.75) is 38.3 Å². The van der Waals surface area contributed by atoms with Crippen molar-refractivity contribution in [2.24, 2.45) is 0 Å². The first-order valence-electron chi connectivity index (χ1n) is 7.43. The molecule has 21 heavy (non-hydrogen) atoms. The van der Waals surface area contributed by atoms with E-state index in [1.54, 1.807) is 17.5 Å². The van der Waals surface area contributed by atoms with Crippen LogP contribution in [0.2, 0.25) is 0 Å². The summed E-state index contributed by atoms with van der Waals surface area (Å²) in [4.78, 5) is 11.4. The molecular formula is C16H21N3OS. The van der Waals surface area contributed by atoms with Crippen molar-refractivity contribution < 1.29 is 5.11 Å². The van der Waals surface area contributed by atoms with Crippen LogP contribution >= 0.6 is 11.3 Å². The number of nitrogens with zero attached hydrogens (tertiary/aromatic N) is 3. The average molecular weight is 303 g/mol. The van der Waals surface area contributed by atoms with E-state index in [9.17, 15) is 5.11 Å². The van der Waals surface area contributed by atoms with Crippen molar-refractivity contribution in [3.63, 3.8) is 0 Å².